The van der Waals surface area contributed by atoms with Gasteiger partial charge in [-0.3, -0.25) is 4.90 Å². The number of aromatic nitrogens is 1. The third kappa shape index (κ3) is 2.67. The Morgan fingerprint density at radius 2 is 2.00 bits per heavy atom. The second-order valence-electron chi connectivity index (χ2n) is 5.41. The van der Waals surface area contributed by atoms with E-state index in [2.05, 4.69) is 52.6 Å². The Bertz CT molecular complexity index is 526. The van der Waals surface area contributed by atoms with Crippen LogP contribution in [0.5, 0.6) is 0 Å². The molecule has 1 aromatic carbocycles. The van der Waals surface area contributed by atoms with Crippen molar-refractivity contribution in [3.8, 4) is 0 Å². The minimum absolute atomic E-state index is 0.668. The van der Waals surface area contributed by atoms with Gasteiger partial charge in [-0.05, 0) is 24.5 Å². The molecule has 0 spiro atoms. The number of para-hydroxylation sites is 1. The third-order valence-electron chi connectivity index (χ3n) is 4.27. The molecule has 1 aliphatic heterocycles. The summed E-state index contributed by atoms with van der Waals surface area (Å²) in [5.41, 5.74) is 2.72. The Balaban J connectivity index is 1.78. The summed E-state index contributed by atoms with van der Waals surface area (Å²) in [5, 5.41) is 4.82. The van der Waals surface area contributed by atoms with E-state index in [9.17, 15) is 0 Å². The molecule has 1 atom stereocenters. The van der Waals surface area contributed by atoms with Crippen LogP contribution in [0.4, 0.5) is 0 Å². The highest BCUT2D eigenvalue weighted by atomic mass is 15.2. The number of hydrogen-bond acceptors (Lipinski definition) is 2. The van der Waals surface area contributed by atoms with Crippen LogP contribution in [0.15, 0.2) is 30.5 Å². The number of H-pyrrole nitrogens is 1. The van der Waals surface area contributed by atoms with Crippen LogP contribution in [0.2, 0.25) is 0 Å². The van der Waals surface area contributed by atoms with E-state index in [0.717, 1.165) is 19.5 Å². The molecule has 0 bridgehead atoms. The number of aromatic amines is 1. The molecule has 1 aliphatic rings. The van der Waals surface area contributed by atoms with Gasteiger partial charge in [0.05, 0.1) is 0 Å². The Hall–Kier alpha value is -1.32. The summed E-state index contributed by atoms with van der Waals surface area (Å²) < 4.78 is 0. The summed E-state index contributed by atoms with van der Waals surface area (Å²) in [4.78, 5) is 6.03. The molecule has 3 heteroatoms. The number of nitrogens with zero attached hydrogens (tertiary/aromatic N) is 1. The minimum atomic E-state index is 0.668. The summed E-state index contributed by atoms with van der Waals surface area (Å²) in [7, 11) is 0. The highest BCUT2D eigenvalue weighted by Crippen LogP contribution is 2.21. The molecule has 102 valence electrons. The SMILES string of the molecule is CCC(Cc1c[nH]c2ccccc12)N1CCNCC1. The van der Waals surface area contributed by atoms with Gasteiger partial charge in [-0.2, -0.15) is 0 Å². The maximum Gasteiger partial charge on any atom is 0.0456 e. The topological polar surface area (TPSA) is 31.1 Å². The third-order valence-corrected chi connectivity index (χ3v) is 4.27. The van der Waals surface area contributed by atoms with Crippen LogP contribution in [-0.4, -0.2) is 42.1 Å². The first-order valence-electron chi connectivity index (χ1n) is 7.38. The lowest BCUT2D eigenvalue weighted by Crippen LogP contribution is -2.48. The molecule has 2 heterocycles. The number of benzene rings is 1. The molecule has 1 aromatic heterocycles. The van der Waals surface area contributed by atoms with Gasteiger partial charge in [0.1, 0.15) is 0 Å². The first-order chi connectivity index (χ1) is 9.38. The average molecular weight is 257 g/mol. The van der Waals surface area contributed by atoms with Gasteiger partial charge < -0.3 is 10.3 Å². The molecule has 1 saturated heterocycles. The maximum atomic E-state index is 3.43. The van der Waals surface area contributed by atoms with Gasteiger partial charge in [-0.1, -0.05) is 25.1 Å². The van der Waals surface area contributed by atoms with Crippen LogP contribution in [-0.2, 0) is 6.42 Å². The predicted octanol–water partition coefficient (Wildman–Crippen LogP) is 2.39. The summed E-state index contributed by atoms with van der Waals surface area (Å²) >= 11 is 0. The van der Waals surface area contributed by atoms with Gasteiger partial charge in [0, 0.05) is 49.3 Å². The molecule has 3 rings (SSSR count). The minimum Gasteiger partial charge on any atom is -0.361 e. The molecule has 1 fully saturated rings. The van der Waals surface area contributed by atoms with E-state index in [1.165, 1.54) is 36.0 Å². The quantitative estimate of drug-likeness (QED) is 0.881. The van der Waals surface area contributed by atoms with Crippen LogP contribution in [0.25, 0.3) is 10.9 Å². The molecule has 2 aromatic rings. The summed E-state index contributed by atoms with van der Waals surface area (Å²) in [6.45, 7) is 6.93. The largest absolute Gasteiger partial charge is 0.361 e. The summed E-state index contributed by atoms with van der Waals surface area (Å²) in [5.74, 6) is 0. The number of fused-ring (bicyclic) bond motifs is 1. The monoisotopic (exact) mass is 257 g/mol. The summed E-state index contributed by atoms with van der Waals surface area (Å²) in [6, 6.07) is 9.28. The van der Waals surface area contributed by atoms with E-state index in [1.807, 2.05) is 0 Å². The molecule has 0 amide bonds. The maximum absolute atomic E-state index is 3.43. The van der Waals surface area contributed by atoms with Crippen molar-refractivity contribution in [2.24, 2.45) is 0 Å². The Labute approximate surface area is 115 Å². The zero-order valence-electron chi connectivity index (χ0n) is 11.7. The van der Waals surface area contributed by atoms with Gasteiger partial charge in [0.2, 0.25) is 0 Å². The van der Waals surface area contributed by atoms with Crippen molar-refractivity contribution < 1.29 is 0 Å². The van der Waals surface area contributed by atoms with E-state index < -0.39 is 0 Å². The van der Waals surface area contributed by atoms with Crippen molar-refractivity contribution in [2.75, 3.05) is 26.2 Å². The molecule has 0 radical (unpaired) electrons. The van der Waals surface area contributed by atoms with E-state index >= 15 is 0 Å². The standard InChI is InChI=1S/C16H23N3/c1-2-14(19-9-7-17-8-10-19)11-13-12-18-16-6-4-3-5-15(13)16/h3-6,12,14,17-18H,2,7-11H2,1H3. The lowest BCUT2D eigenvalue weighted by atomic mass is 10.0. The van der Waals surface area contributed by atoms with Gasteiger partial charge in [0.25, 0.3) is 0 Å². The molecule has 2 N–H and O–H groups in total. The van der Waals surface area contributed by atoms with Crippen molar-refractivity contribution in [1.29, 1.82) is 0 Å². The second kappa shape index (κ2) is 5.76. The Morgan fingerprint density at radius 3 is 2.79 bits per heavy atom. The van der Waals surface area contributed by atoms with E-state index in [1.54, 1.807) is 0 Å². The van der Waals surface area contributed by atoms with Gasteiger partial charge in [0.15, 0.2) is 0 Å². The molecular formula is C16H23N3. The van der Waals surface area contributed by atoms with Crippen molar-refractivity contribution >= 4 is 10.9 Å². The number of nitrogens with one attached hydrogen (secondary N) is 2. The van der Waals surface area contributed by atoms with Crippen molar-refractivity contribution in [3.63, 3.8) is 0 Å². The smallest absolute Gasteiger partial charge is 0.0456 e. The van der Waals surface area contributed by atoms with Crippen LogP contribution in [0.3, 0.4) is 0 Å². The van der Waals surface area contributed by atoms with E-state index in [4.69, 9.17) is 0 Å². The summed E-state index contributed by atoms with van der Waals surface area (Å²) in [6.07, 6.45) is 4.57. The van der Waals surface area contributed by atoms with Crippen LogP contribution in [0.1, 0.15) is 18.9 Å². The lowest BCUT2D eigenvalue weighted by molar-refractivity contribution is 0.168. The number of piperazine rings is 1. The van der Waals surface area contributed by atoms with Crippen molar-refractivity contribution in [2.45, 2.75) is 25.8 Å². The fourth-order valence-electron chi connectivity index (χ4n) is 3.13. The van der Waals surface area contributed by atoms with Gasteiger partial charge in [-0.25, -0.2) is 0 Å². The Kier molecular flexibility index (Phi) is 3.85. The highest BCUT2D eigenvalue weighted by molar-refractivity contribution is 5.83. The van der Waals surface area contributed by atoms with Crippen LogP contribution < -0.4 is 5.32 Å². The van der Waals surface area contributed by atoms with E-state index in [-0.39, 0.29) is 0 Å². The number of hydrogen-bond donors (Lipinski definition) is 2. The predicted molar refractivity (Wildman–Crippen MR) is 80.5 cm³/mol. The van der Waals surface area contributed by atoms with Crippen molar-refractivity contribution in [3.05, 3.63) is 36.0 Å². The normalized spacial score (nSPS) is 18.8. The molecule has 0 saturated carbocycles. The van der Waals surface area contributed by atoms with Crippen molar-refractivity contribution in [1.82, 2.24) is 15.2 Å². The Morgan fingerprint density at radius 1 is 1.21 bits per heavy atom. The van der Waals surface area contributed by atoms with E-state index in [0.29, 0.717) is 6.04 Å². The first-order valence-corrected chi connectivity index (χ1v) is 7.38. The molecule has 1 unspecified atom stereocenters. The first kappa shape index (κ1) is 12.7. The zero-order valence-corrected chi connectivity index (χ0v) is 11.7. The van der Waals surface area contributed by atoms with Crippen LogP contribution in [0, 0.1) is 0 Å². The molecule has 3 nitrogen and oxygen atoms in total. The fraction of sp³-hybridized carbons (Fsp3) is 0.500. The number of rotatable bonds is 4. The van der Waals surface area contributed by atoms with Crippen LogP contribution >= 0.6 is 0 Å². The van der Waals surface area contributed by atoms with Gasteiger partial charge in [-0.15, -0.1) is 0 Å². The second-order valence-corrected chi connectivity index (χ2v) is 5.41. The molecule has 0 aliphatic carbocycles. The zero-order chi connectivity index (χ0) is 13.1. The average Bonchev–Trinajstić information content (AvgIpc) is 2.89. The van der Waals surface area contributed by atoms with Gasteiger partial charge >= 0.3 is 0 Å². The molecular weight excluding hydrogens is 234 g/mol. The fourth-order valence-corrected chi connectivity index (χ4v) is 3.13. The highest BCUT2D eigenvalue weighted by Gasteiger charge is 2.20. The lowest BCUT2D eigenvalue weighted by Gasteiger charge is -2.34. The molecule has 19 heavy (non-hydrogen) atoms.